The Kier molecular flexibility index (Phi) is 6.48. The van der Waals surface area contributed by atoms with Crippen LogP contribution in [0, 0.1) is 0 Å². The number of nitrogens with zero attached hydrogens (tertiary/aromatic N) is 1. The van der Waals surface area contributed by atoms with Crippen LogP contribution in [0.5, 0.6) is 0 Å². The number of hydrogen-bond acceptors (Lipinski definition) is 3. The number of amides is 2. The van der Waals surface area contributed by atoms with Crippen molar-refractivity contribution in [3.63, 3.8) is 0 Å². The molecule has 0 aliphatic carbocycles. The Morgan fingerprint density at radius 1 is 1.31 bits per heavy atom. The molecule has 0 radical (unpaired) electrons. The summed E-state index contributed by atoms with van der Waals surface area (Å²) in [5.41, 5.74) is -0.251. The van der Waals surface area contributed by atoms with Crippen LogP contribution in [0.25, 0.3) is 0 Å². The molecule has 0 fully saturated rings. The fraction of sp³-hybridized carbons (Fsp3) is 0.818. The van der Waals surface area contributed by atoms with Crippen LogP contribution in [0.4, 0.5) is 0 Å². The number of rotatable bonds is 5. The van der Waals surface area contributed by atoms with Gasteiger partial charge < -0.3 is 10.2 Å². The predicted molar refractivity (Wildman–Crippen MR) is 68.5 cm³/mol. The zero-order valence-electron chi connectivity index (χ0n) is 10.8. The highest BCUT2D eigenvalue weighted by atomic mass is 32.2. The largest absolute Gasteiger partial charge is 0.350 e. The minimum atomic E-state index is -0.251. The van der Waals surface area contributed by atoms with Gasteiger partial charge in [-0.1, -0.05) is 0 Å². The van der Waals surface area contributed by atoms with Gasteiger partial charge >= 0.3 is 0 Å². The van der Waals surface area contributed by atoms with E-state index in [0.29, 0.717) is 12.3 Å². The van der Waals surface area contributed by atoms with Crippen LogP contribution in [0.3, 0.4) is 0 Å². The van der Waals surface area contributed by atoms with Gasteiger partial charge in [0.2, 0.25) is 11.8 Å². The van der Waals surface area contributed by atoms with Crippen molar-refractivity contribution >= 4 is 23.6 Å². The second-order valence-electron chi connectivity index (χ2n) is 4.64. The number of hydrogen-bond donors (Lipinski definition) is 1. The Hall–Kier alpha value is -0.710. The highest BCUT2D eigenvalue weighted by Crippen LogP contribution is 2.01. The molecule has 0 unspecified atom stereocenters. The first-order valence-corrected chi connectivity index (χ1v) is 6.77. The van der Waals surface area contributed by atoms with Crippen molar-refractivity contribution in [2.45, 2.75) is 33.2 Å². The van der Waals surface area contributed by atoms with Gasteiger partial charge in [0.05, 0.1) is 12.3 Å². The molecule has 0 rings (SSSR count). The third kappa shape index (κ3) is 6.71. The normalized spacial score (nSPS) is 11.1. The molecule has 0 heterocycles. The Balaban J connectivity index is 4.22. The molecule has 0 atom stereocenters. The molecule has 0 aliphatic rings. The fourth-order valence-electron chi connectivity index (χ4n) is 1.22. The number of thioether (sulfide) groups is 1. The molecule has 0 aliphatic heterocycles. The maximum Gasteiger partial charge on any atom is 0.240 e. The summed E-state index contributed by atoms with van der Waals surface area (Å²) >= 11 is 1.47. The first kappa shape index (κ1) is 15.3. The van der Waals surface area contributed by atoms with Crippen LogP contribution >= 0.6 is 11.8 Å². The second kappa shape index (κ2) is 6.78. The van der Waals surface area contributed by atoms with E-state index in [1.54, 1.807) is 4.90 Å². The molecule has 16 heavy (non-hydrogen) atoms. The van der Waals surface area contributed by atoms with E-state index in [0.717, 1.165) is 0 Å². The molecule has 0 aromatic heterocycles. The van der Waals surface area contributed by atoms with Gasteiger partial charge in [0.25, 0.3) is 0 Å². The minimum absolute atomic E-state index is 0.0130. The first-order valence-electron chi connectivity index (χ1n) is 5.38. The van der Waals surface area contributed by atoms with Crippen molar-refractivity contribution in [3.05, 3.63) is 0 Å². The van der Waals surface area contributed by atoms with Crippen molar-refractivity contribution in [3.8, 4) is 0 Å². The third-order valence-corrected chi connectivity index (χ3v) is 2.39. The van der Waals surface area contributed by atoms with Gasteiger partial charge in [0.15, 0.2) is 0 Å². The highest BCUT2D eigenvalue weighted by Gasteiger charge is 2.18. The average molecular weight is 246 g/mol. The summed E-state index contributed by atoms with van der Waals surface area (Å²) in [5.74, 6) is 0.333. The zero-order valence-corrected chi connectivity index (χ0v) is 11.6. The number of likely N-dealkylation sites (N-methyl/N-ethyl adjacent to an activating group) is 1. The molecule has 0 saturated carbocycles. The van der Waals surface area contributed by atoms with E-state index in [-0.39, 0.29) is 23.9 Å². The van der Waals surface area contributed by atoms with Crippen molar-refractivity contribution in [2.24, 2.45) is 0 Å². The van der Waals surface area contributed by atoms with Crippen LogP contribution in [0.2, 0.25) is 0 Å². The average Bonchev–Trinajstić information content (AvgIpc) is 2.11. The SMILES string of the molecule is CCN(CC(=O)NC(C)(C)C)C(=O)CSC. The van der Waals surface area contributed by atoms with Crippen LogP contribution in [0.15, 0.2) is 0 Å². The van der Waals surface area contributed by atoms with Crippen LogP contribution < -0.4 is 5.32 Å². The molecule has 2 amide bonds. The quantitative estimate of drug-likeness (QED) is 0.790. The minimum Gasteiger partial charge on any atom is -0.350 e. The first-order chi connectivity index (χ1) is 7.30. The number of carbonyl (C=O) groups excluding carboxylic acids is 2. The highest BCUT2D eigenvalue weighted by molar-refractivity contribution is 7.99. The van der Waals surface area contributed by atoms with Gasteiger partial charge in [0.1, 0.15) is 0 Å². The fourth-order valence-corrected chi connectivity index (χ4v) is 1.65. The van der Waals surface area contributed by atoms with Gasteiger partial charge in [-0.15, -0.1) is 0 Å². The lowest BCUT2D eigenvalue weighted by Gasteiger charge is -2.24. The van der Waals surface area contributed by atoms with Crippen molar-refractivity contribution < 1.29 is 9.59 Å². The van der Waals surface area contributed by atoms with E-state index in [4.69, 9.17) is 0 Å². The van der Waals surface area contributed by atoms with E-state index in [2.05, 4.69) is 5.32 Å². The molecule has 0 spiro atoms. The topological polar surface area (TPSA) is 49.4 Å². The number of carbonyl (C=O) groups is 2. The molecular formula is C11H22N2O2S. The van der Waals surface area contributed by atoms with Crippen LogP contribution in [-0.2, 0) is 9.59 Å². The Labute approximate surface area is 102 Å². The smallest absolute Gasteiger partial charge is 0.240 e. The maximum atomic E-state index is 11.6. The van der Waals surface area contributed by atoms with E-state index < -0.39 is 0 Å². The molecule has 4 nitrogen and oxygen atoms in total. The molecular weight excluding hydrogens is 224 g/mol. The van der Waals surface area contributed by atoms with E-state index in [1.165, 1.54) is 11.8 Å². The maximum absolute atomic E-state index is 11.6. The van der Waals surface area contributed by atoms with Gasteiger partial charge in [-0.25, -0.2) is 0 Å². The van der Waals surface area contributed by atoms with E-state index in [9.17, 15) is 9.59 Å². The lowest BCUT2D eigenvalue weighted by molar-refractivity contribution is -0.134. The molecule has 0 aromatic carbocycles. The summed E-state index contributed by atoms with van der Waals surface area (Å²) in [6, 6.07) is 0. The summed E-state index contributed by atoms with van der Waals surface area (Å²) in [4.78, 5) is 24.8. The Morgan fingerprint density at radius 3 is 2.25 bits per heavy atom. The molecule has 0 bridgehead atoms. The summed E-state index contributed by atoms with van der Waals surface area (Å²) < 4.78 is 0. The number of nitrogens with one attached hydrogen (secondary N) is 1. The Morgan fingerprint density at radius 2 is 1.88 bits per heavy atom. The summed E-state index contributed by atoms with van der Waals surface area (Å²) in [6.07, 6.45) is 1.88. The molecule has 0 aromatic rings. The van der Waals surface area contributed by atoms with Crippen LogP contribution in [0.1, 0.15) is 27.7 Å². The molecule has 0 saturated heterocycles. The van der Waals surface area contributed by atoms with Crippen molar-refractivity contribution in [1.82, 2.24) is 10.2 Å². The van der Waals surface area contributed by atoms with Crippen molar-refractivity contribution in [1.29, 1.82) is 0 Å². The second-order valence-corrected chi connectivity index (χ2v) is 5.51. The standard InChI is InChI=1S/C11H22N2O2S/c1-6-13(10(15)8-16-5)7-9(14)12-11(2,3)4/h6-8H2,1-5H3,(H,12,14). The summed E-state index contributed by atoms with van der Waals surface area (Å²) in [5, 5.41) is 2.84. The van der Waals surface area contributed by atoms with E-state index >= 15 is 0 Å². The van der Waals surface area contributed by atoms with Gasteiger partial charge in [-0.2, -0.15) is 11.8 Å². The summed E-state index contributed by atoms with van der Waals surface area (Å²) in [7, 11) is 0. The lowest BCUT2D eigenvalue weighted by Crippen LogP contribution is -2.47. The molecule has 94 valence electrons. The third-order valence-electron chi connectivity index (χ3n) is 1.85. The van der Waals surface area contributed by atoms with Gasteiger partial charge in [-0.3, -0.25) is 9.59 Å². The Bertz CT molecular complexity index is 249. The molecule has 5 heteroatoms. The molecule has 1 N–H and O–H groups in total. The predicted octanol–water partition coefficient (Wildman–Crippen LogP) is 1.11. The van der Waals surface area contributed by atoms with E-state index in [1.807, 2.05) is 34.0 Å². The summed E-state index contributed by atoms with van der Waals surface area (Å²) in [6.45, 7) is 8.35. The van der Waals surface area contributed by atoms with Crippen molar-refractivity contribution in [2.75, 3.05) is 25.1 Å². The van der Waals surface area contributed by atoms with Gasteiger partial charge in [0, 0.05) is 12.1 Å². The van der Waals surface area contributed by atoms with Crippen LogP contribution in [-0.4, -0.2) is 47.4 Å². The van der Waals surface area contributed by atoms with Gasteiger partial charge in [-0.05, 0) is 34.0 Å². The monoisotopic (exact) mass is 246 g/mol. The lowest BCUT2D eigenvalue weighted by atomic mass is 10.1. The zero-order chi connectivity index (χ0) is 12.8.